The standard InChI is InChI=1S/C7H3BrF2N2/c8-6-3-2-11-12-7(3)5(10)1-4(6)9/h1-2H,(H,11,12). The van der Waals surface area contributed by atoms with Crippen LogP contribution in [-0.2, 0) is 0 Å². The van der Waals surface area contributed by atoms with Crippen LogP contribution in [0.1, 0.15) is 0 Å². The molecule has 0 radical (unpaired) electrons. The molecule has 1 heterocycles. The lowest BCUT2D eigenvalue weighted by atomic mass is 10.2. The van der Waals surface area contributed by atoms with Crippen molar-refractivity contribution < 1.29 is 8.78 Å². The molecule has 0 spiro atoms. The molecule has 0 amide bonds. The summed E-state index contributed by atoms with van der Waals surface area (Å²) >= 11 is 2.99. The number of aromatic nitrogens is 2. The fraction of sp³-hybridized carbons (Fsp3) is 0. The minimum absolute atomic E-state index is 0.211. The molecule has 0 aliphatic heterocycles. The molecule has 1 N–H and O–H groups in total. The maximum atomic E-state index is 12.9. The number of nitrogens with zero attached hydrogens (tertiary/aromatic N) is 1. The van der Waals surface area contributed by atoms with Gasteiger partial charge in [0.15, 0.2) is 5.82 Å². The van der Waals surface area contributed by atoms with Crippen molar-refractivity contribution >= 4 is 26.8 Å². The fourth-order valence-electron chi connectivity index (χ4n) is 1.01. The summed E-state index contributed by atoms with van der Waals surface area (Å²) in [5.41, 5.74) is 0.211. The van der Waals surface area contributed by atoms with Crippen LogP contribution >= 0.6 is 15.9 Å². The zero-order valence-corrected chi connectivity index (χ0v) is 7.32. The highest BCUT2D eigenvalue weighted by atomic mass is 79.9. The van der Waals surface area contributed by atoms with Crippen molar-refractivity contribution in [3.8, 4) is 0 Å². The van der Waals surface area contributed by atoms with E-state index in [0.717, 1.165) is 6.07 Å². The summed E-state index contributed by atoms with van der Waals surface area (Å²) in [6.45, 7) is 0. The van der Waals surface area contributed by atoms with Crippen LogP contribution in [0.15, 0.2) is 16.7 Å². The Hall–Kier alpha value is -0.970. The van der Waals surface area contributed by atoms with Crippen LogP contribution < -0.4 is 0 Å². The minimum Gasteiger partial charge on any atom is -0.275 e. The number of halogens is 3. The highest BCUT2D eigenvalue weighted by molar-refractivity contribution is 9.10. The fourth-order valence-corrected chi connectivity index (χ4v) is 1.43. The number of nitrogens with one attached hydrogen (secondary N) is 1. The van der Waals surface area contributed by atoms with Gasteiger partial charge in [-0.1, -0.05) is 0 Å². The third-order valence-corrected chi connectivity index (χ3v) is 2.38. The van der Waals surface area contributed by atoms with Gasteiger partial charge in [-0.3, -0.25) is 5.10 Å². The Kier molecular flexibility index (Phi) is 1.61. The largest absolute Gasteiger partial charge is 0.275 e. The van der Waals surface area contributed by atoms with E-state index in [1.165, 1.54) is 6.20 Å². The molecule has 2 aromatic rings. The lowest BCUT2D eigenvalue weighted by Gasteiger charge is -1.96. The number of hydrogen-bond donors (Lipinski definition) is 1. The Morgan fingerprint density at radius 1 is 1.33 bits per heavy atom. The maximum Gasteiger partial charge on any atom is 0.151 e. The van der Waals surface area contributed by atoms with E-state index in [2.05, 4.69) is 26.1 Å². The van der Waals surface area contributed by atoms with Gasteiger partial charge in [0.1, 0.15) is 11.3 Å². The van der Waals surface area contributed by atoms with Crippen LogP contribution in [-0.4, -0.2) is 10.2 Å². The second-order valence-electron chi connectivity index (χ2n) is 2.31. The van der Waals surface area contributed by atoms with Gasteiger partial charge >= 0.3 is 0 Å². The van der Waals surface area contributed by atoms with Gasteiger partial charge in [-0.15, -0.1) is 0 Å². The number of hydrogen-bond acceptors (Lipinski definition) is 1. The van der Waals surface area contributed by atoms with Crippen LogP contribution in [0.2, 0.25) is 0 Å². The highest BCUT2D eigenvalue weighted by Gasteiger charge is 2.10. The Morgan fingerprint density at radius 3 is 2.83 bits per heavy atom. The monoisotopic (exact) mass is 232 g/mol. The smallest absolute Gasteiger partial charge is 0.151 e. The number of benzene rings is 1. The first-order chi connectivity index (χ1) is 5.70. The molecule has 1 aromatic carbocycles. The van der Waals surface area contributed by atoms with Crippen molar-refractivity contribution in [2.24, 2.45) is 0 Å². The molecule has 0 saturated heterocycles. The molecule has 0 saturated carbocycles. The quantitative estimate of drug-likeness (QED) is 0.696. The number of fused-ring (bicyclic) bond motifs is 1. The second kappa shape index (κ2) is 2.52. The van der Waals surface area contributed by atoms with Crippen molar-refractivity contribution in [3.05, 3.63) is 28.4 Å². The Balaban J connectivity index is 2.97. The van der Waals surface area contributed by atoms with Crippen molar-refractivity contribution in [1.29, 1.82) is 0 Å². The third-order valence-electron chi connectivity index (χ3n) is 1.58. The van der Waals surface area contributed by atoms with E-state index in [1.54, 1.807) is 0 Å². The molecule has 12 heavy (non-hydrogen) atoms. The normalized spacial score (nSPS) is 10.9. The molecule has 1 aromatic heterocycles. The van der Waals surface area contributed by atoms with E-state index in [0.29, 0.717) is 5.39 Å². The number of aromatic amines is 1. The minimum atomic E-state index is -0.636. The topological polar surface area (TPSA) is 28.7 Å². The predicted molar refractivity (Wildman–Crippen MR) is 43.7 cm³/mol. The molecule has 2 rings (SSSR count). The maximum absolute atomic E-state index is 12.9. The van der Waals surface area contributed by atoms with Gasteiger partial charge in [-0.25, -0.2) is 8.78 Å². The molecular weight excluding hydrogens is 230 g/mol. The third kappa shape index (κ3) is 0.929. The van der Waals surface area contributed by atoms with E-state index < -0.39 is 11.6 Å². The first-order valence-electron chi connectivity index (χ1n) is 3.16. The first-order valence-corrected chi connectivity index (χ1v) is 3.96. The number of H-pyrrole nitrogens is 1. The molecule has 0 aliphatic rings. The molecule has 5 heteroatoms. The van der Waals surface area contributed by atoms with Gasteiger partial charge in [0.25, 0.3) is 0 Å². The van der Waals surface area contributed by atoms with Gasteiger partial charge < -0.3 is 0 Å². The van der Waals surface area contributed by atoms with Crippen molar-refractivity contribution in [1.82, 2.24) is 10.2 Å². The van der Waals surface area contributed by atoms with Crippen LogP contribution in [0, 0.1) is 11.6 Å². The molecule has 2 nitrogen and oxygen atoms in total. The van der Waals surface area contributed by atoms with Gasteiger partial charge in [0.05, 0.1) is 10.7 Å². The van der Waals surface area contributed by atoms with Gasteiger partial charge in [-0.2, -0.15) is 5.10 Å². The summed E-state index contributed by atoms with van der Waals surface area (Å²) in [5.74, 6) is -1.26. The average molecular weight is 233 g/mol. The van der Waals surface area contributed by atoms with E-state index in [-0.39, 0.29) is 9.99 Å². The summed E-state index contributed by atoms with van der Waals surface area (Å²) in [7, 11) is 0. The van der Waals surface area contributed by atoms with E-state index in [9.17, 15) is 8.78 Å². The van der Waals surface area contributed by atoms with Gasteiger partial charge in [-0.05, 0) is 15.9 Å². The van der Waals surface area contributed by atoms with Crippen molar-refractivity contribution in [3.63, 3.8) is 0 Å². The first kappa shape index (κ1) is 7.67. The Labute approximate surface area is 74.7 Å². The molecule has 0 aliphatic carbocycles. The average Bonchev–Trinajstić information content (AvgIpc) is 2.48. The molecule has 0 fully saturated rings. The van der Waals surface area contributed by atoms with Crippen LogP contribution in [0.25, 0.3) is 10.9 Å². The lowest BCUT2D eigenvalue weighted by Crippen LogP contribution is -1.84. The predicted octanol–water partition coefficient (Wildman–Crippen LogP) is 2.60. The summed E-state index contributed by atoms with van der Waals surface area (Å²) in [6, 6.07) is 0.810. The van der Waals surface area contributed by atoms with Gasteiger partial charge in [0.2, 0.25) is 0 Å². The second-order valence-corrected chi connectivity index (χ2v) is 3.11. The number of rotatable bonds is 0. The zero-order chi connectivity index (χ0) is 8.72. The van der Waals surface area contributed by atoms with Crippen LogP contribution in [0.3, 0.4) is 0 Å². The molecule has 0 atom stereocenters. The Morgan fingerprint density at radius 2 is 2.08 bits per heavy atom. The summed E-state index contributed by atoms with van der Waals surface area (Å²) in [6.07, 6.45) is 1.37. The molecule has 0 unspecified atom stereocenters. The summed E-state index contributed by atoms with van der Waals surface area (Å²) in [5, 5.41) is 6.45. The summed E-state index contributed by atoms with van der Waals surface area (Å²) in [4.78, 5) is 0. The lowest BCUT2D eigenvalue weighted by molar-refractivity contribution is 0.586. The van der Waals surface area contributed by atoms with E-state index >= 15 is 0 Å². The van der Waals surface area contributed by atoms with E-state index in [4.69, 9.17) is 0 Å². The highest BCUT2D eigenvalue weighted by Crippen LogP contribution is 2.27. The zero-order valence-electron chi connectivity index (χ0n) is 5.74. The Bertz CT molecular complexity index is 438. The van der Waals surface area contributed by atoms with E-state index in [1.807, 2.05) is 0 Å². The van der Waals surface area contributed by atoms with Crippen LogP contribution in [0.5, 0.6) is 0 Å². The summed E-state index contributed by atoms with van der Waals surface area (Å²) < 4.78 is 26.0. The van der Waals surface area contributed by atoms with Crippen molar-refractivity contribution in [2.45, 2.75) is 0 Å². The molecular formula is C7H3BrF2N2. The molecule has 0 bridgehead atoms. The van der Waals surface area contributed by atoms with Gasteiger partial charge in [0, 0.05) is 11.5 Å². The van der Waals surface area contributed by atoms with Crippen LogP contribution in [0.4, 0.5) is 8.78 Å². The molecule has 62 valence electrons. The SMILES string of the molecule is Fc1cc(F)c2[nH]ncc2c1Br. The van der Waals surface area contributed by atoms with Crippen molar-refractivity contribution in [2.75, 3.05) is 0 Å².